The van der Waals surface area contributed by atoms with Crippen LogP contribution in [0.3, 0.4) is 0 Å². The van der Waals surface area contributed by atoms with Gasteiger partial charge in [-0.2, -0.15) is 0 Å². The van der Waals surface area contributed by atoms with Crippen LogP contribution in [0.5, 0.6) is 0 Å². The van der Waals surface area contributed by atoms with Crippen molar-refractivity contribution in [3.63, 3.8) is 0 Å². The molecule has 132 valence electrons. The van der Waals surface area contributed by atoms with Crippen molar-refractivity contribution in [3.8, 4) is 0 Å². The Morgan fingerprint density at radius 2 is 1.52 bits per heavy atom. The van der Waals surface area contributed by atoms with Crippen molar-refractivity contribution in [2.75, 3.05) is 32.7 Å². The Hall–Kier alpha value is -0.660. The number of nitrogens with zero attached hydrogens (tertiary/aromatic N) is 2. The van der Waals surface area contributed by atoms with Gasteiger partial charge in [-0.1, -0.05) is 12.8 Å². The summed E-state index contributed by atoms with van der Waals surface area (Å²) in [5.41, 5.74) is 0. The third-order valence-corrected chi connectivity index (χ3v) is 7.21. The molecule has 1 N–H and O–H groups in total. The molecule has 1 saturated carbocycles. The Labute approximate surface area is 139 Å². The lowest BCUT2D eigenvalue weighted by atomic mass is 10.1. The van der Waals surface area contributed by atoms with Crippen LogP contribution < -0.4 is 4.72 Å². The minimum atomic E-state index is -3.09. The van der Waals surface area contributed by atoms with Crippen LogP contribution in [0.1, 0.15) is 51.4 Å². The highest BCUT2D eigenvalue weighted by Crippen LogP contribution is 2.28. The van der Waals surface area contributed by atoms with Gasteiger partial charge >= 0.3 is 0 Å². The topological polar surface area (TPSA) is 69.7 Å². The second kappa shape index (κ2) is 7.49. The van der Waals surface area contributed by atoms with Crippen molar-refractivity contribution in [2.45, 2.75) is 62.7 Å². The van der Waals surface area contributed by atoms with E-state index in [-0.39, 0.29) is 17.2 Å². The largest absolute Gasteiger partial charge is 0.342 e. The molecule has 0 atom stereocenters. The molecule has 2 heterocycles. The highest BCUT2D eigenvalue weighted by molar-refractivity contribution is 7.90. The van der Waals surface area contributed by atoms with Gasteiger partial charge in [0.05, 0.1) is 11.8 Å². The molecule has 2 saturated heterocycles. The molecular formula is C16H29N3O3S. The highest BCUT2D eigenvalue weighted by Gasteiger charge is 2.37. The number of hydrogen-bond donors (Lipinski definition) is 1. The van der Waals surface area contributed by atoms with Crippen molar-refractivity contribution in [1.29, 1.82) is 0 Å². The second-order valence-electron chi connectivity index (χ2n) is 7.21. The van der Waals surface area contributed by atoms with Crippen LogP contribution in [0.4, 0.5) is 0 Å². The third-order valence-electron chi connectivity index (χ3n) is 5.20. The van der Waals surface area contributed by atoms with E-state index < -0.39 is 10.0 Å². The summed E-state index contributed by atoms with van der Waals surface area (Å²) in [7, 11) is -3.09. The summed E-state index contributed by atoms with van der Waals surface area (Å²) >= 11 is 0. The Balaban J connectivity index is 1.41. The van der Waals surface area contributed by atoms with Gasteiger partial charge in [0, 0.05) is 32.2 Å². The van der Waals surface area contributed by atoms with Crippen molar-refractivity contribution < 1.29 is 13.2 Å². The molecule has 6 nitrogen and oxygen atoms in total. The number of amides is 1. The molecule has 3 fully saturated rings. The zero-order valence-electron chi connectivity index (χ0n) is 13.9. The maximum atomic E-state index is 12.4. The van der Waals surface area contributed by atoms with E-state index >= 15 is 0 Å². The number of piperidine rings is 1. The lowest BCUT2D eigenvalue weighted by molar-refractivity contribution is -0.132. The Morgan fingerprint density at radius 1 is 0.913 bits per heavy atom. The third kappa shape index (κ3) is 4.90. The van der Waals surface area contributed by atoms with Crippen LogP contribution in [0, 0.1) is 0 Å². The monoisotopic (exact) mass is 343 g/mol. The standard InChI is InChI=1S/C16H29N3O3S/c20-16(19-9-3-1-2-4-10-19)13-18-11-7-14(8-12-18)17-23(21,22)15-5-6-15/h14-15,17H,1-13H2. The minimum absolute atomic E-state index is 0.0464. The quantitative estimate of drug-likeness (QED) is 0.806. The van der Waals surface area contributed by atoms with Crippen molar-refractivity contribution in [1.82, 2.24) is 14.5 Å². The van der Waals surface area contributed by atoms with Crippen LogP contribution in [0.25, 0.3) is 0 Å². The van der Waals surface area contributed by atoms with E-state index in [0.29, 0.717) is 6.54 Å². The molecule has 23 heavy (non-hydrogen) atoms. The van der Waals surface area contributed by atoms with E-state index in [1.54, 1.807) is 0 Å². The molecule has 0 radical (unpaired) electrons. The van der Waals surface area contributed by atoms with Gasteiger partial charge in [-0.3, -0.25) is 9.69 Å². The molecule has 0 aromatic rings. The van der Waals surface area contributed by atoms with Gasteiger partial charge in [0.15, 0.2) is 0 Å². The maximum absolute atomic E-state index is 12.4. The first-order chi connectivity index (χ1) is 11.0. The van der Waals surface area contributed by atoms with Crippen molar-refractivity contribution in [2.24, 2.45) is 0 Å². The number of carbonyl (C=O) groups is 1. The molecule has 7 heteroatoms. The van der Waals surface area contributed by atoms with Crippen LogP contribution in [0.2, 0.25) is 0 Å². The molecule has 0 bridgehead atoms. The molecule has 0 spiro atoms. The summed E-state index contributed by atoms with van der Waals surface area (Å²) in [6, 6.07) is 0.0464. The average molecular weight is 343 g/mol. The zero-order chi connectivity index (χ0) is 16.3. The van der Waals surface area contributed by atoms with Gasteiger partial charge in [-0.15, -0.1) is 0 Å². The molecule has 0 aromatic carbocycles. The van der Waals surface area contributed by atoms with E-state index in [1.165, 1.54) is 12.8 Å². The molecule has 3 aliphatic rings. The van der Waals surface area contributed by atoms with Crippen LogP contribution in [-0.4, -0.2) is 68.1 Å². The smallest absolute Gasteiger partial charge is 0.236 e. The minimum Gasteiger partial charge on any atom is -0.342 e. The predicted octanol–water partition coefficient (Wildman–Crippen LogP) is 0.935. The predicted molar refractivity (Wildman–Crippen MR) is 89.6 cm³/mol. The van der Waals surface area contributed by atoms with Gasteiger partial charge in [-0.05, 0) is 38.5 Å². The van der Waals surface area contributed by atoms with Gasteiger partial charge in [-0.25, -0.2) is 13.1 Å². The maximum Gasteiger partial charge on any atom is 0.236 e. The summed E-state index contributed by atoms with van der Waals surface area (Å²) in [4.78, 5) is 16.6. The summed E-state index contributed by atoms with van der Waals surface area (Å²) in [6.45, 7) is 3.89. The first-order valence-electron chi connectivity index (χ1n) is 9.06. The molecule has 0 aromatic heterocycles. The molecule has 1 aliphatic carbocycles. The SMILES string of the molecule is O=C(CN1CCC(NS(=O)(=O)C2CC2)CC1)N1CCCCCC1. The zero-order valence-corrected chi connectivity index (χ0v) is 14.7. The summed E-state index contributed by atoms with van der Waals surface area (Å²) in [6.07, 6.45) is 7.93. The van der Waals surface area contributed by atoms with Crippen LogP contribution in [-0.2, 0) is 14.8 Å². The number of sulfonamides is 1. The van der Waals surface area contributed by atoms with Gasteiger partial charge in [0.2, 0.25) is 15.9 Å². The molecule has 1 amide bonds. The lowest BCUT2D eigenvalue weighted by Crippen LogP contribution is -2.48. The molecule has 3 rings (SSSR count). The van der Waals surface area contributed by atoms with Crippen molar-refractivity contribution >= 4 is 15.9 Å². The van der Waals surface area contributed by atoms with E-state index in [1.807, 2.05) is 4.90 Å². The number of likely N-dealkylation sites (tertiary alicyclic amines) is 2. The number of hydrogen-bond acceptors (Lipinski definition) is 4. The van der Waals surface area contributed by atoms with Gasteiger partial charge < -0.3 is 4.90 Å². The molecular weight excluding hydrogens is 314 g/mol. The fraction of sp³-hybridized carbons (Fsp3) is 0.938. The van der Waals surface area contributed by atoms with Crippen LogP contribution in [0.15, 0.2) is 0 Å². The first kappa shape index (κ1) is 17.2. The number of rotatable bonds is 5. The molecule has 2 aliphatic heterocycles. The van der Waals surface area contributed by atoms with E-state index in [4.69, 9.17) is 0 Å². The lowest BCUT2D eigenvalue weighted by Gasteiger charge is -2.33. The van der Waals surface area contributed by atoms with Gasteiger partial charge in [0.25, 0.3) is 0 Å². The summed E-state index contributed by atoms with van der Waals surface area (Å²) in [5, 5.41) is -0.148. The van der Waals surface area contributed by atoms with E-state index in [2.05, 4.69) is 9.62 Å². The Morgan fingerprint density at radius 3 is 2.09 bits per heavy atom. The fourth-order valence-electron chi connectivity index (χ4n) is 3.53. The first-order valence-corrected chi connectivity index (χ1v) is 10.6. The van der Waals surface area contributed by atoms with Crippen molar-refractivity contribution in [3.05, 3.63) is 0 Å². The van der Waals surface area contributed by atoms with Crippen LogP contribution >= 0.6 is 0 Å². The summed E-state index contributed by atoms with van der Waals surface area (Å²) < 4.78 is 26.8. The average Bonchev–Trinajstić information content (AvgIpc) is 3.36. The second-order valence-corrected chi connectivity index (χ2v) is 9.20. The highest BCUT2D eigenvalue weighted by atomic mass is 32.2. The normalized spacial score (nSPS) is 25.3. The van der Waals surface area contributed by atoms with E-state index in [9.17, 15) is 13.2 Å². The fourth-order valence-corrected chi connectivity index (χ4v) is 5.18. The van der Waals surface area contributed by atoms with E-state index in [0.717, 1.165) is 64.7 Å². The summed E-state index contributed by atoms with van der Waals surface area (Å²) in [5.74, 6) is 0.240. The van der Waals surface area contributed by atoms with Gasteiger partial charge in [0.1, 0.15) is 0 Å². The molecule has 0 unspecified atom stereocenters. The number of carbonyl (C=O) groups excluding carboxylic acids is 1. The number of nitrogens with one attached hydrogen (secondary N) is 1. The Kier molecular flexibility index (Phi) is 5.59. The Bertz CT molecular complexity index is 503.